The van der Waals surface area contributed by atoms with Crippen LogP contribution in [-0.4, -0.2) is 84.4 Å². The minimum absolute atomic E-state index is 0.253. The third kappa shape index (κ3) is 10.1. The summed E-state index contributed by atoms with van der Waals surface area (Å²) < 4.78 is 0. The minimum atomic E-state index is -1.33. The average molecular weight is 317 g/mol. The molecule has 1 atom stereocenters. The summed E-state index contributed by atoms with van der Waals surface area (Å²) in [5, 5.41) is 26.9. The summed E-state index contributed by atoms with van der Waals surface area (Å²) in [6, 6.07) is 0. The predicted molar refractivity (Wildman–Crippen MR) is 88.7 cm³/mol. The summed E-state index contributed by atoms with van der Waals surface area (Å²) in [4.78, 5) is 15.7. The average Bonchev–Trinajstić information content (AvgIpc) is 2.41. The van der Waals surface area contributed by atoms with E-state index in [2.05, 4.69) is 9.80 Å². The number of unbranched alkanes of at least 4 members (excludes halogenated alkanes) is 1. The highest BCUT2D eigenvalue weighted by Gasteiger charge is 2.32. The van der Waals surface area contributed by atoms with Crippen LogP contribution in [0.4, 0.5) is 0 Å². The maximum absolute atomic E-state index is 11.4. The van der Waals surface area contributed by atoms with Gasteiger partial charge in [-0.1, -0.05) is 12.8 Å². The topological polar surface area (TPSA) is 110 Å². The van der Waals surface area contributed by atoms with Crippen LogP contribution in [0.25, 0.3) is 0 Å². The summed E-state index contributed by atoms with van der Waals surface area (Å²) in [6.45, 7) is 2.72. The van der Waals surface area contributed by atoms with Crippen LogP contribution in [0.3, 0.4) is 0 Å². The Morgan fingerprint density at radius 3 is 2.14 bits per heavy atom. The number of nitrogens with zero attached hydrogens (tertiary/aromatic N) is 2. The van der Waals surface area contributed by atoms with Crippen molar-refractivity contribution in [3.63, 3.8) is 0 Å². The van der Waals surface area contributed by atoms with E-state index in [0.717, 1.165) is 26.1 Å². The van der Waals surface area contributed by atoms with E-state index in [1.165, 1.54) is 0 Å². The van der Waals surface area contributed by atoms with Gasteiger partial charge in [0.25, 0.3) is 0 Å². The zero-order valence-electron chi connectivity index (χ0n) is 14.2. The number of aliphatic carboxylic acids is 1. The fourth-order valence-corrected chi connectivity index (χ4v) is 2.25. The highest BCUT2D eigenvalue weighted by atomic mass is 16.4. The van der Waals surface area contributed by atoms with Crippen LogP contribution in [0, 0.1) is 0 Å². The number of hydrogen-bond donors (Lipinski definition) is 4. The quantitative estimate of drug-likeness (QED) is 0.272. The molecule has 0 spiro atoms. The molecule has 0 aliphatic rings. The monoisotopic (exact) mass is 317 g/mol. The number of carboxylic acid groups (broad SMARTS) is 1. The van der Waals surface area contributed by atoms with Gasteiger partial charge < -0.3 is 30.7 Å². The van der Waals surface area contributed by atoms with E-state index < -0.39 is 18.6 Å². The Balaban J connectivity index is 4.09. The molecule has 0 aromatic rings. The van der Waals surface area contributed by atoms with Gasteiger partial charge in [-0.2, -0.15) is 0 Å². The van der Waals surface area contributed by atoms with Crippen LogP contribution in [0.1, 0.15) is 32.1 Å². The molecular formula is C14H32BN3O4. The zero-order chi connectivity index (χ0) is 17.2. The highest BCUT2D eigenvalue weighted by molar-refractivity contribution is 6.40. The lowest BCUT2D eigenvalue weighted by Crippen LogP contribution is -2.48. The van der Waals surface area contributed by atoms with Crippen molar-refractivity contribution in [2.45, 2.75) is 44.0 Å². The number of rotatable bonds is 13. The van der Waals surface area contributed by atoms with Crippen LogP contribution in [0.15, 0.2) is 0 Å². The Labute approximate surface area is 134 Å². The number of likely N-dealkylation sites (N-methyl/N-ethyl adjacent to an activating group) is 2. The molecule has 5 N–H and O–H groups in total. The molecule has 1 unspecified atom stereocenters. The van der Waals surface area contributed by atoms with E-state index in [1.54, 1.807) is 0 Å². The first-order chi connectivity index (χ1) is 10.2. The molecule has 0 saturated carbocycles. The second-order valence-corrected chi connectivity index (χ2v) is 6.40. The predicted octanol–water partition coefficient (Wildman–Crippen LogP) is -0.315. The largest absolute Gasteiger partial charge is 0.480 e. The van der Waals surface area contributed by atoms with Gasteiger partial charge in [-0.15, -0.1) is 0 Å². The third-order valence-corrected chi connectivity index (χ3v) is 3.85. The highest BCUT2D eigenvalue weighted by Crippen LogP contribution is 2.19. The van der Waals surface area contributed by atoms with E-state index in [0.29, 0.717) is 25.7 Å². The molecule has 0 heterocycles. The number of hydrogen-bond acceptors (Lipinski definition) is 6. The lowest BCUT2D eigenvalue weighted by atomic mass is 9.81. The van der Waals surface area contributed by atoms with E-state index in [9.17, 15) is 9.90 Å². The van der Waals surface area contributed by atoms with Crippen molar-refractivity contribution in [3.05, 3.63) is 0 Å². The van der Waals surface area contributed by atoms with Crippen LogP contribution in [0.2, 0.25) is 6.32 Å². The van der Waals surface area contributed by atoms with Crippen LogP contribution >= 0.6 is 0 Å². The number of carboxylic acids is 1. The molecule has 0 aliphatic heterocycles. The molecule has 0 bridgehead atoms. The van der Waals surface area contributed by atoms with Crippen molar-refractivity contribution in [1.29, 1.82) is 0 Å². The Morgan fingerprint density at radius 1 is 1.05 bits per heavy atom. The summed E-state index contributed by atoms with van der Waals surface area (Å²) in [6.07, 6.45) is 2.91. The number of carbonyl (C=O) groups is 1. The first-order valence-corrected chi connectivity index (χ1v) is 7.89. The molecule has 0 aliphatic carbocycles. The third-order valence-electron chi connectivity index (χ3n) is 3.85. The molecule has 0 rings (SSSR count). The van der Waals surface area contributed by atoms with Crippen LogP contribution < -0.4 is 5.73 Å². The molecule has 0 saturated heterocycles. The Bertz CT molecular complexity index is 318. The smallest absolute Gasteiger partial charge is 0.451 e. The molecule has 0 aromatic carbocycles. The summed E-state index contributed by atoms with van der Waals surface area (Å²) in [5.74, 6) is -0.979. The standard InChI is InChI=1S/C14H32BN3O4/c1-17(2)11-12-18(3)10-6-8-14(16,13(19)20)7-4-5-9-15(21)22/h21-22H,4-12,16H2,1-3H3,(H,19,20). The normalized spacial score (nSPS) is 14.4. The van der Waals surface area contributed by atoms with Gasteiger partial charge in [0.1, 0.15) is 5.54 Å². The Kier molecular flexibility index (Phi) is 10.6. The van der Waals surface area contributed by atoms with Crippen molar-refractivity contribution in [3.8, 4) is 0 Å². The van der Waals surface area contributed by atoms with Gasteiger partial charge in [0.05, 0.1) is 0 Å². The Morgan fingerprint density at radius 2 is 1.64 bits per heavy atom. The van der Waals surface area contributed by atoms with Crippen molar-refractivity contribution < 1.29 is 19.9 Å². The van der Waals surface area contributed by atoms with E-state index in [-0.39, 0.29) is 6.32 Å². The van der Waals surface area contributed by atoms with Crippen LogP contribution in [0.5, 0.6) is 0 Å². The summed E-state index contributed by atoms with van der Waals surface area (Å²) >= 11 is 0. The van der Waals surface area contributed by atoms with E-state index in [4.69, 9.17) is 15.8 Å². The van der Waals surface area contributed by atoms with Crippen molar-refractivity contribution >= 4 is 13.1 Å². The van der Waals surface area contributed by atoms with Crippen molar-refractivity contribution in [2.24, 2.45) is 5.73 Å². The second-order valence-electron chi connectivity index (χ2n) is 6.40. The molecule has 130 valence electrons. The molecule has 0 fully saturated rings. The van der Waals surface area contributed by atoms with Gasteiger partial charge in [-0.05, 0) is 53.3 Å². The van der Waals surface area contributed by atoms with Gasteiger partial charge >= 0.3 is 13.1 Å². The minimum Gasteiger partial charge on any atom is -0.480 e. The first-order valence-electron chi connectivity index (χ1n) is 7.89. The van der Waals surface area contributed by atoms with Crippen molar-refractivity contribution in [2.75, 3.05) is 40.8 Å². The van der Waals surface area contributed by atoms with Gasteiger partial charge in [0, 0.05) is 13.1 Å². The van der Waals surface area contributed by atoms with Gasteiger partial charge in [-0.3, -0.25) is 4.79 Å². The lowest BCUT2D eigenvalue weighted by Gasteiger charge is -2.26. The maximum Gasteiger partial charge on any atom is 0.451 e. The van der Waals surface area contributed by atoms with Crippen molar-refractivity contribution in [1.82, 2.24) is 9.80 Å². The SMILES string of the molecule is CN(C)CCN(C)CCCC(N)(CCCCB(O)O)C(=O)O. The molecule has 8 heteroatoms. The maximum atomic E-state index is 11.4. The molecule has 0 aromatic heterocycles. The number of nitrogens with two attached hydrogens (primary N) is 1. The van der Waals surface area contributed by atoms with Gasteiger partial charge in [0.15, 0.2) is 0 Å². The fourth-order valence-electron chi connectivity index (χ4n) is 2.25. The fraction of sp³-hybridized carbons (Fsp3) is 0.929. The molecule has 0 amide bonds. The van der Waals surface area contributed by atoms with Gasteiger partial charge in [0.2, 0.25) is 0 Å². The molecular weight excluding hydrogens is 285 g/mol. The zero-order valence-corrected chi connectivity index (χ0v) is 14.2. The summed E-state index contributed by atoms with van der Waals surface area (Å²) in [5.41, 5.74) is 4.80. The lowest BCUT2D eigenvalue weighted by molar-refractivity contribution is -0.144. The van der Waals surface area contributed by atoms with E-state index in [1.807, 2.05) is 21.1 Å². The van der Waals surface area contributed by atoms with Crippen LogP contribution in [-0.2, 0) is 4.79 Å². The summed E-state index contributed by atoms with van der Waals surface area (Å²) in [7, 11) is 4.73. The molecule has 0 radical (unpaired) electrons. The first kappa shape index (κ1) is 21.3. The molecule has 7 nitrogen and oxygen atoms in total. The second kappa shape index (κ2) is 11.0. The van der Waals surface area contributed by atoms with Gasteiger partial charge in [-0.25, -0.2) is 0 Å². The Hall–Kier alpha value is -0.665. The van der Waals surface area contributed by atoms with E-state index >= 15 is 0 Å². The molecule has 22 heavy (non-hydrogen) atoms.